The third-order valence-electron chi connectivity index (χ3n) is 3.99. The Bertz CT molecular complexity index is 410. The van der Waals surface area contributed by atoms with Gasteiger partial charge in [-0.15, -0.1) is 0 Å². The first-order chi connectivity index (χ1) is 9.41. The van der Waals surface area contributed by atoms with Gasteiger partial charge in [-0.05, 0) is 65.6 Å². The zero-order chi connectivity index (χ0) is 15.2. The quantitative estimate of drug-likeness (QED) is 0.707. The summed E-state index contributed by atoms with van der Waals surface area (Å²) in [7, 11) is 1.77. The van der Waals surface area contributed by atoms with Crippen molar-refractivity contribution in [2.45, 2.75) is 66.0 Å². The third kappa shape index (κ3) is 4.91. The second kappa shape index (κ2) is 7.79. The Morgan fingerprint density at radius 3 is 2.55 bits per heavy atom. The first-order valence-electron chi connectivity index (χ1n) is 7.70. The predicted octanol–water partition coefficient (Wildman–Crippen LogP) is 2.86. The van der Waals surface area contributed by atoms with Crippen molar-refractivity contribution in [3.05, 3.63) is 17.0 Å². The lowest BCUT2D eigenvalue weighted by atomic mass is 10.1. The second-order valence-electron chi connectivity index (χ2n) is 6.09. The largest absolute Gasteiger partial charge is 0.379 e. The van der Waals surface area contributed by atoms with Gasteiger partial charge in [-0.2, -0.15) is 5.10 Å². The Morgan fingerprint density at radius 2 is 1.95 bits per heavy atom. The molecule has 0 saturated heterocycles. The summed E-state index contributed by atoms with van der Waals surface area (Å²) in [4.78, 5) is 0. The number of aryl methyl sites for hydroxylation is 2. The predicted molar refractivity (Wildman–Crippen MR) is 84.3 cm³/mol. The van der Waals surface area contributed by atoms with Crippen molar-refractivity contribution in [1.82, 2.24) is 15.1 Å². The minimum atomic E-state index is -0.0882. The number of methoxy groups -OCH3 is 1. The van der Waals surface area contributed by atoms with E-state index in [4.69, 9.17) is 4.74 Å². The van der Waals surface area contributed by atoms with Gasteiger partial charge >= 0.3 is 0 Å². The first kappa shape index (κ1) is 17.2. The number of nitrogens with zero attached hydrogens (tertiary/aromatic N) is 2. The number of rotatable bonds is 9. The normalized spacial score (nSPS) is 12.1. The van der Waals surface area contributed by atoms with Gasteiger partial charge in [-0.25, -0.2) is 0 Å². The van der Waals surface area contributed by atoms with Crippen LogP contribution in [0.4, 0.5) is 0 Å². The summed E-state index contributed by atoms with van der Waals surface area (Å²) in [6.07, 6.45) is 3.22. The molecule has 0 saturated carbocycles. The molecule has 0 unspecified atom stereocenters. The van der Waals surface area contributed by atoms with Crippen LogP contribution in [0.3, 0.4) is 0 Å². The van der Waals surface area contributed by atoms with Gasteiger partial charge in [0.1, 0.15) is 0 Å². The number of aromatic nitrogens is 2. The van der Waals surface area contributed by atoms with Crippen molar-refractivity contribution in [2.75, 3.05) is 20.2 Å². The van der Waals surface area contributed by atoms with Crippen LogP contribution in [0, 0.1) is 13.8 Å². The SMILES string of the molecule is CCCNCCc1c(C)nn(CCC(C)(C)OC)c1C. The lowest BCUT2D eigenvalue weighted by Crippen LogP contribution is -2.25. The highest BCUT2D eigenvalue weighted by Crippen LogP contribution is 2.18. The molecular formula is C16H31N3O. The van der Waals surface area contributed by atoms with E-state index in [-0.39, 0.29) is 5.60 Å². The van der Waals surface area contributed by atoms with Gasteiger partial charge < -0.3 is 10.1 Å². The maximum atomic E-state index is 5.48. The van der Waals surface area contributed by atoms with E-state index < -0.39 is 0 Å². The van der Waals surface area contributed by atoms with Crippen molar-refractivity contribution in [3.8, 4) is 0 Å². The molecule has 1 aromatic heterocycles. The molecule has 0 fully saturated rings. The number of ether oxygens (including phenoxy) is 1. The maximum absolute atomic E-state index is 5.48. The number of nitrogens with one attached hydrogen (secondary N) is 1. The zero-order valence-corrected chi connectivity index (χ0v) is 14.0. The molecule has 116 valence electrons. The summed E-state index contributed by atoms with van der Waals surface area (Å²) < 4.78 is 7.61. The van der Waals surface area contributed by atoms with Gasteiger partial charge in [0.05, 0.1) is 11.3 Å². The summed E-state index contributed by atoms with van der Waals surface area (Å²) in [5.41, 5.74) is 3.77. The van der Waals surface area contributed by atoms with Crippen molar-refractivity contribution in [3.63, 3.8) is 0 Å². The standard InChI is InChI=1S/C16H31N3O/c1-7-10-17-11-8-15-13(2)18-19(14(15)3)12-9-16(4,5)20-6/h17H,7-12H2,1-6H3. The van der Waals surface area contributed by atoms with Crippen LogP contribution in [0.25, 0.3) is 0 Å². The molecule has 0 aromatic carbocycles. The highest BCUT2D eigenvalue weighted by molar-refractivity contribution is 5.24. The van der Waals surface area contributed by atoms with Crippen molar-refractivity contribution < 1.29 is 4.74 Å². The highest BCUT2D eigenvalue weighted by atomic mass is 16.5. The molecule has 0 aliphatic carbocycles. The Labute approximate surface area is 123 Å². The molecule has 0 aliphatic rings. The van der Waals surface area contributed by atoms with Crippen LogP contribution in [0.5, 0.6) is 0 Å². The molecule has 1 N–H and O–H groups in total. The Balaban J connectivity index is 2.61. The Hall–Kier alpha value is -0.870. The van der Waals surface area contributed by atoms with Gasteiger partial charge in [0.15, 0.2) is 0 Å². The molecule has 1 heterocycles. The van der Waals surface area contributed by atoms with Gasteiger partial charge in [0.2, 0.25) is 0 Å². The van der Waals surface area contributed by atoms with Crippen LogP contribution in [-0.2, 0) is 17.7 Å². The van der Waals surface area contributed by atoms with E-state index in [1.54, 1.807) is 7.11 Å². The molecule has 0 bridgehead atoms. The lowest BCUT2D eigenvalue weighted by molar-refractivity contribution is 0.0112. The van der Waals surface area contributed by atoms with Gasteiger partial charge in [0, 0.05) is 19.3 Å². The Kier molecular flexibility index (Phi) is 6.69. The van der Waals surface area contributed by atoms with Gasteiger partial charge in [-0.1, -0.05) is 6.92 Å². The average molecular weight is 281 g/mol. The average Bonchev–Trinajstić information content (AvgIpc) is 2.68. The van der Waals surface area contributed by atoms with Crippen molar-refractivity contribution >= 4 is 0 Å². The summed E-state index contributed by atoms with van der Waals surface area (Å²) in [5.74, 6) is 0. The lowest BCUT2D eigenvalue weighted by Gasteiger charge is -2.22. The molecule has 1 rings (SSSR count). The monoisotopic (exact) mass is 281 g/mol. The zero-order valence-electron chi connectivity index (χ0n) is 14.0. The molecule has 1 aromatic rings. The van der Waals surface area contributed by atoms with Gasteiger partial charge in [0.25, 0.3) is 0 Å². The van der Waals surface area contributed by atoms with Crippen molar-refractivity contribution in [1.29, 1.82) is 0 Å². The number of hydrogen-bond donors (Lipinski definition) is 1. The van der Waals surface area contributed by atoms with Crippen LogP contribution in [0.2, 0.25) is 0 Å². The molecular weight excluding hydrogens is 250 g/mol. The molecule has 20 heavy (non-hydrogen) atoms. The first-order valence-corrected chi connectivity index (χ1v) is 7.70. The topological polar surface area (TPSA) is 39.1 Å². The molecule has 0 aliphatic heterocycles. The second-order valence-corrected chi connectivity index (χ2v) is 6.09. The molecule has 4 nitrogen and oxygen atoms in total. The summed E-state index contributed by atoms with van der Waals surface area (Å²) in [6, 6.07) is 0. The van der Waals surface area contributed by atoms with Crippen LogP contribution in [0.1, 0.15) is 50.6 Å². The molecule has 0 spiro atoms. The summed E-state index contributed by atoms with van der Waals surface area (Å²) >= 11 is 0. The molecule has 0 amide bonds. The van der Waals surface area contributed by atoms with E-state index in [1.807, 2.05) is 0 Å². The van der Waals surface area contributed by atoms with E-state index in [0.717, 1.165) is 38.2 Å². The van der Waals surface area contributed by atoms with Crippen molar-refractivity contribution in [2.24, 2.45) is 0 Å². The Morgan fingerprint density at radius 1 is 1.25 bits per heavy atom. The van der Waals surface area contributed by atoms with Gasteiger partial charge in [-0.3, -0.25) is 4.68 Å². The van der Waals surface area contributed by atoms with E-state index in [2.05, 4.69) is 49.7 Å². The third-order valence-corrected chi connectivity index (χ3v) is 3.99. The number of hydrogen-bond acceptors (Lipinski definition) is 3. The maximum Gasteiger partial charge on any atom is 0.0640 e. The van der Waals surface area contributed by atoms with Crippen LogP contribution in [-0.4, -0.2) is 35.6 Å². The molecule has 4 heteroatoms. The van der Waals surface area contributed by atoms with E-state index in [1.165, 1.54) is 17.7 Å². The smallest absolute Gasteiger partial charge is 0.0640 e. The fourth-order valence-corrected chi connectivity index (χ4v) is 2.31. The summed E-state index contributed by atoms with van der Waals surface area (Å²) in [6.45, 7) is 13.8. The molecule has 0 atom stereocenters. The van der Waals surface area contributed by atoms with E-state index >= 15 is 0 Å². The minimum absolute atomic E-state index is 0.0882. The molecule has 0 radical (unpaired) electrons. The van der Waals surface area contributed by atoms with Crippen LogP contribution in [0.15, 0.2) is 0 Å². The summed E-state index contributed by atoms with van der Waals surface area (Å²) in [5, 5.41) is 8.14. The minimum Gasteiger partial charge on any atom is -0.379 e. The van der Waals surface area contributed by atoms with E-state index in [0.29, 0.717) is 0 Å². The fourth-order valence-electron chi connectivity index (χ4n) is 2.31. The van der Waals surface area contributed by atoms with E-state index in [9.17, 15) is 0 Å². The van der Waals surface area contributed by atoms with Crippen LogP contribution >= 0.6 is 0 Å². The fraction of sp³-hybridized carbons (Fsp3) is 0.812. The van der Waals surface area contributed by atoms with Crippen LogP contribution < -0.4 is 5.32 Å². The highest BCUT2D eigenvalue weighted by Gasteiger charge is 2.18.